The Morgan fingerprint density at radius 3 is 2.71 bits per heavy atom. The number of methoxy groups -OCH3 is 2. The Bertz CT molecular complexity index is 726. The molecule has 0 unspecified atom stereocenters. The van der Waals surface area contributed by atoms with E-state index in [2.05, 4.69) is 10.3 Å². The van der Waals surface area contributed by atoms with Crippen LogP contribution in [0.4, 0.5) is 5.13 Å². The Morgan fingerprint density at radius 2 is 2.04 bits per heavy atom. The number of thiazole rings is 1. The lowest BCUT2D eigenvalue weighted by molar-refractivity contribution is -0.111. The van der Waals surface area contributed by atoms with Gasteiger partial charge in [0.05, 0.1) is 19.9 Å². The van der Waals surface area contributed by atoms with Crippen LogP contribution in [0.3, 0.4) is 0 Å². The molecule has 0 aliphatic rings. The zero-order chi connectivity index (χ0) is 17.5. The molecule has 1 aromatic heterocycles. The van der Waals surface area contributed by atoms with Gasteiger partial charge in [-0.1, -0.05) is 6.07 Å². The van der Waals surface area contributed by atoms with E-state index in [0.717, 1.165) is 17.8 Å². The van der Waals surface area contributed by atoms with Gasteiger partial charge in [0.1, 0.15) is 0 Å². The topological polar surface area (TPSA) is 63.7 Å². The second kappa shape index (κ2) is 8.47. The third-order valence-electron chi connectivity index (χ3n) is 3.09. The standard InChI is InChI=1S/C17H21N3O3S/c1-20(2)10-13-11-24-17(18-13)19-16(21)8-6-12-5-7-14(22-3)15(9-12)23-4/h5-9,11H,10H2,1-4H3,(H,18,19,21)/b8-6+. The van der Waals surface area contributed by atoms with Crippen molar-refractivity contribution in [3.8, 4) is 11.5 Å². The van der Waals surface area contributed by atoms with Gasteiger partial charge in [-0.3, -0.25) is 10.1 Å². The maximum absolute atomic E-state index is 12.0. The Morgan fingerprint density at radius 1 is 1.29 bits per heavy atom. The largest absolute Gasteiger partial charge is 0.493 e. The van der Waals surface area contributed by atoms with Crippen molar-refractivity contribution >= 4 is 28.5 Å². The molecule has 0 aliphatic carbocycles. The third-order valence-corrected chi connectivity index (χ3v) is 3.90. The summed E-state index contributed by atoms with van der Waals surface area (Å²) >= 11 is 1.41. The minimum Gasteiger partial charge on any atom is -0.493 e. The van der Waals surface area contributed by atoms with Gasteiger partial charge in [0.2, 0.25) is 5.91 Å². The highest BCUT2D eigenvalue weighted by Crippen LogP contribution is 2.28. The second-order valence-electron chi connectivity index (χ2n) is 5.32. The van der Waals surface area contributed by atoms with Crippen LogP contribution in [0.25, 0.3) is 6.08 Å². The van der Waals surface area contributed by atoms with E-state index in [1.165, 1.54) is 17.4 Å². The predicted molar refractivity (Wildman–Crippen MR) is 96.7 cm³/mol. The molecule has 1 heterocycles. The lowest BCUT2D eigenvalue weighted by Gasteiger charge is -2.07. The maximum Gasteiger partial charge on any atom is 0.250 e. The first-order chi connectivity index (χ1) is 11.5. The number of rotatable bonds is 7. The summed E-state index contributed by atoms with van der Waals surface area (Å²) in [7, 11) is 7.11. The Balaban J connectivity index is 1.99. The monoisotopic (exact) mass is 347 g/mol. The number of carbonyl (C=O) groups excluding carboxylic acids is 1. The fourth-order valence-electron chi connectivity index (χ4n) is 2.04. The van der Waals surface area contributed by atoms with E-state index < -0.39 is 0 Å². The fourth-order valence-corrected chi connectivity index (χ4v) is 2.74. The van der Waals surface area contributed by atoms with Crippen LogP contribution >= 0.6 is 11.3 Å². The molecular formula is C17H21N3O3S. The van der Waals surface area contributed by atoms with Crippen LogP contribution in [0.15, 0.2) is 29.7 Å². The first kappa shape index (κ1) is 18.0. The summed E-state index contributed by atoms with van der Waals surface area (Å²) in [5.41, 5.74) is 1.78. The van der Waals surface area contributed by atoms with Crippen molar-refractivity contribution in [2.24, 2.45) is 0 Å². The van der Waals surface area contributed by atoms with Crippen molar-refractivity contribution in [3.05, 3.63) is 40.9 Å². The lowest BCUT2D eigenvalue weighted by atomic mass is 10.2. The molecule has 2 aromatic rings. The van der Waals surface area contributed by atoms with Gasteiger partial charge in [0.25, 0.3) is 0 Å². The van der Waals surface area contributed by atoms with Gasteiger partial charge in [-0.05, 0) is 37.9 Å². The molecule has 0 aliphatic heterocycles. The average molecular weight is 347 g/mol. The number of anilines is 1. The quantitative estimate of drug-likeness (QED) is 0.780. The number of benzene rings is 1. The average Bonchev–Trinajstić information content (AvgIpc) is 2.98. The van der Waals surface area contributed by atoms with Crippen molar-refractivity contribution in [1.29, 1.82) is 0 Å². The van der Waals surface area contributed by atoms with Crippen LogP contribution in [0, 0.1) is 0 Å². The number of aromatic nitrogens is 1. The summed E-state index contributed by atoms with van der Waals surface area (Å²) < 4.78 is 10.4. The maximum atomic E-state index is 12.0. The van der Waals surface area contributed by atoms with Gasteiger partial charge in [-0.15, -0.1) is 11.3 Å². The molecule has 0 radical (unpaired) electrons. The molecule has 0 bridgehead atoms. The highest BCUT2D eigenvalue weighted by atomic mass is 32.1. The molecule has 7 heteroatoms. The highest BCUT2D eigenvalue weighted by Gasteiger charge is 2.06. The number of hydrogen-bond acceptors (Lipinski definition) is 6. The Kier molecular flexibility index (Phi) is 6.34. The number of carbonyl (C=O) groups is 1. The third kappa shape index (κ3) is 5.07. The highest BCUT2D eigenvalue weighted by molar-refractivity contribution is 7.13. The van der Waals surface area contributed by atoms with Gasteiger partial charge in [0.15, 0.2) is 16.6 Å². The number of nitrogens with one attached hydrogen (secondary N) is 1. The molecule has 2 rings (SSSR count). The Labute approximate surface area is 145 Å². The first-order valence-corrected chi connectivity index (χ1v) is 8.20. The van der Waals surface area contributed by atoms with Gasteiger partial charge in [-0.25, -0.2) is 4.98 Å². The summed E-state index contributed by atoms with van der Waals surface area (Å²) in [4.78, 5) is 18.4. The van der Waals surface area contributed by atoms with Crippen molar-refractivity contribution in [3.63, 3.8) is 0 Å². The summed E-state index contributed by atoms with van der Waals surface area (Å²) in [6.45, 7) is 0.744. The fraction of sp³-hybridized carbons (Fsp3) is 0.294. The molecule has 0 atom stereocenters. The van der Waals surface area contributed by atoms with Crippen molar-refractivity contribution < 1.29 is 14.3 Å². The number of hydrogen-bond donors (Lipinski definition) is 1. The summed E-state index contributed by atoms with van der Waals surface area (Å²) in [6.07, 6.45) is 3.18. The molecule has 0 spiro atoms. The molecule has 1 amide bonds. The minimum absolute atomic E-state index is 0.226. The van der Waals surface area contributed by atoms with Crippen LogP contribution in [0.1, 0.15) is 11.3 Å². The van der Waals surface area contributed by atoms with E-state index in [4.69, 9.17) is 9.47 Å². The SMILES string of the molecule is COc1ccc(/C=C/C(=O)Nc2nc(CN(C)C)cs2)cc1OC. The van der Waals surface area contributed by atoms with Crippen molar-refractivity contribution in [2.45, 2.75) is 6.54 Å². The zero-order valence-electron chi connectivity index (χ0n) is 14.2. The van der Waals surface area contributed by atoms with Crippen LogP contribution in [-0.4, -0.2) is 44.1 Å². The van der Waals surface area contributed by atoms with E-state index in [9.17, 15) is 4.79 Å². The van der Waals surface area contributed by atoms with Crippen molar-refractivity contribution in [2.75, 3.05) is 33.6 Å². The Hall–Kier alpha value is -2.38. The van der Waals surface area contributed by atoms with Gasteiger partial charge in [-0.2, -0.15) is 0 Å². The molecule has 0 fully saturated rings. The van der Waals surface area contributed by atoms with E-state index in [-0.39, 0.29) is 5.91 Å². The van der Waals surface area contributed by atoms with E-state index in [0.29, 0.717) is 16.6 Å². The van der Waals surface area contributed by atoms with E-state index in [1.807, 2.05) is 30.4 Å². The van der Waals surface area contributed by atoms with Crippen LogP contribution in [0.2, 0.25) is 0 Å². The van der Waals surface area contributed by atoms with Gasteiger partial charge < -0.3 is 14.4 Å². The van der Waals surface area contributed by atoms with Crippen molar-refractivity contribution in [1.82, 2.24) is 9.88 Å². The molecular weight excluding hydrogens is 326 g/mol. The van der Waals surface area contributed by atoms with Gasteiger partial charge in [0, 0.05) is 18.0 Å². The second-order valence-corrected chi connectivity index (χ2v) is 6.18. The smallest absolute Gasteiger partial charge is 0.250 e. The lowest BCUT2D eigenvalue weighted by Crippen LogP contribution is -2.11. The van der Waals surface area contributed by atoms with Crippen LogP contribution < -0.4 is 14.8 Å². The predicted octanol–water partition coefficient (Wildman–Crippen LogP) is 2.87. The molecule has 6 nitrogen and oxygen atoms in total. The molecule has 128 valence electrons. The normalized spacial score (nSPS) is 11.0. The van der Waals surface area contributed by atoms with Crippen LogP contribution in [0.5, 0.6) is 11.5 Å². The first-order valence-electron chi connectivity index (χ1n) is 7.32. The van der Waals surface area contributed by atoms with E-state index >= 15 is 0 Å². The van der Waals surface area contributed by atoms with Crippen LogP contribution in [-0.2, 0) is 11.3 Å². The molecule has 0 saturated heterocycles. The summed E-state index contributed by atoms with van der Waals surface area (Å²) in [6, 6.07) is 5.45. The van der Waals surface area contributed by atoms with Gasteiger partial charge >= 0.3 is 0 Å². The number of ether oxygens (including phenoxy) is 2. The number of amides is 1. The molecule has 1 N–H and O–H groups in total. The molecule has 1 aromatic carbocycles. The zero-order valence-corrected chi connectivity index (χ0v) is 15.0. The minimum atomic E-state index is -0.226. The molecule has 0 saturated carbocycles. The number of nitrogens with zero attached hydrogens (tertiary/aromatic N) is 2. The summed E-state index contributed by atoms with van der Waals surface area (Å²) in [5, 5.41) is 5.29. The molecule has 24 heavy (non-hydrogen) atoms. The van der Waals surface area contributed by atoms with E-state index in [1.54, 1.807) is 32.4 Å². The summed E-state index contributed by atoms with van der Waals surface area (Å²) in [5.74, 6) is 1.04.